The summed E-state index contributed by atoms with van der Waals surface area (Å²) >= 11 is 1.05. The van der Waals surface area contributed by atoms with Gasteiger partial charge in [-0.15, -0.1) is 0 Å². The Hall–Kier alpha value is -1.69. The maximum atomic E-state index is 11.6. The highest BCUT2D eigenvalue weighted by atomic mass is 32.1. The minimum atomic E-state index is -0.436. The summed E-state index contributed by atoms with van der Waals surface area (Å²) in [6.07, 6.45) is 3.06. The van der Waals surface area contributed by atoms with Crippen molar-refractivity contribution >= 4 is 28.3 Å². The Balaban J connectivity index is 2.69. The lowest BCUT2D eigenvalue weighted by atomic mass is 10.3. The molecule has 1 aromatic rings. The maximum Gasteiger partial charge on any atom is 0.324 e. The molecular weight excluding hydrogens is 240 g/mol. The predicted octanol–water partition coefficient (Wildman–Crippen LogP) is 2.54. The number of rotatable bonds is 5. The Labute approximate surface area is 104 Å². The lowest BCUT2D eigenvalue weighted by Crippen LogP contribution is -2.28. The van der Waals surface area contributed by atoms with Crippen LogP contribution in [0.15, 0.2) is 18.2 Å². The van der Waals surface area contributed by atoms with Gasteiger partial charge in [0.05, 0.1) is 4.92 Å². The van der Waals surface area contributed by atoms with Crippen LogP contribution < -0.4 is 0 Å². The lowest BCUT2D eigenvalue weighted by molar-refractivity contribution is -0.380. The largest absolute Gasteiger partial charge is 0.340 e. The molecule has 0 bridgehead atoms. The van der Waals surface area contributed by atoms with Gasteiger partial charge in [-0.1, -0.05) is 11.3 Å². The van der Waals surface area contributed by atoms with E-state index in [-0.39, 0.29) is 10.9 Å². The number of amides is 1. The van der Waals surface area contributed by atoms with Gasteiger partial charge in [-0.05, 0) is 26.0 Å². The number of carbonyl (C=O) groups excluding carboxylic acids is 1. The summed E-state index contributed by atoms with van der Waals surface area (Å²) in [5.41, 5.74) is 0. The SMILES string of the molecule is CCN(CC)C(=O)/C=C/c1ccc([N+](=O)[O-])s1. The molecule has 0 N–H and O–H groups in total. The molecule has 1 aromatic heterocycles. The van der Waals surface area contributed by atoms with Gasteiger partial charge >= 0.3 is 5.00 Å². The quantitative estimate of drug-likeness (QED) is 0.461. The van der Waals surface area contributed by atoms with Crippen LogP contribution in [-0.4, -0.2) is 28.8 Å². The summed E-state index contributed by atoms with van der Waals surface area (Å²) < 4.78 is 0. The van der Waals surface area contributed by atoms with Crippen LogP contribution in [0.1, 0.15) is 18.7 Å². The molecule has 1 rings (SSSR count). The Bertz CT molecular complexity index is 436. The van der Waals surface area contributed by atoms with E-state index in [4.69, 9.17) is 0 Å². The second-order valence-corrected chi connectivity index (χ2v) is 4.37. The van der Waals surface area contributed by atoms with Crippen molar-refractivity contribution < 1.29 is 9.72 Å². The fourth-order valence-electron chi connectivity index (χ4n) is 1.32. The summed E-state index contributed by atoms with van der Waals surface area (Å²) in [5, 5.41) is 10.6. The third-order valence-electron chi connectivity index (χ3n) is 2.26. The summed E-state index contributed by atoms with van der Waals surface area (Å²) in [7, 11) is 0. The molecule has 0 unspecified atom stereocenters. The summed E-state index contributed by atoms with van der Waals surface area (Å²) in [4.78, 5) is 24.0. The Morgan fingerprint density at radius 2 is 2.12 bits per heavy atom. The van der Waals surface area contributed by atoms with Crippen molar-refractivity contribution in [3.8, 4) is 0 Å². The first-order chi connectivity index (χ1) is 8.08. The molecule has 1 amide bonds. The van der Waals surface area contributed by atoms with Crippen molar-refractivity contribution in [2.75, 3.05) is 13.1 Å². The first kappa shape index (κ1) is 13.4. The molecule has 6 heteroatoms. The van der Waals surface area contributed by atoms with Crippen LogP contribution in [0.25, 0.3) is 6.08 Å². The van der Waals surface area contributed by atoms with E-state index in [0.717, 1.165) is 11.3 Å². The van der Waals surface area contributed by atoms with Gasteiger partial charge in [-0.2, -0.15) is 0 Å². The average molecular weight is 254 g/mol. The van der Waals surface area contributed by atoms with Gasteiger partial charge in [-0.3, -0.25) is 14.9 Å². The molecule has 5 nitrogen and oxygen atoms in total. The molecule has 0 aliphatic rings. The fourth-order valence-corrected chi connectivity index (χ4v) is 2.05. The van der Waals surface area contributed by atoms with Gasteiger partial charge < -0.3 is 4.90 Å². The predicted molar refractivity (Wildman–Crippen MR) is 67.9 cm³/mol. The van der Waals surface area contributed by atoms with Crippen molar-refractivity contribution in [1.82, 2.24) is 4.90 Å². The molecule has 0 saturated heterocycles. The number of thiophene rings is 1. The van der Waals surface area contributed by atoms with E-state index in [1.807, 2.05) is 13.8 Å². The molecule has 0 radical (unpaired) electrons. The van der Waals surface area contributed by atoms with Crippen LogP contribution in [0.3, 0.4) is 0 Å². The van der Waals surface area contributed by atoms with E-state index in [1.54, 1.807) is 17.0 Å². The van der Waals surface area contributed by atoms with E-state index in [0.29, 0.717) is 18.0 Å². The van der Waals surface area contributed by atoms with Crippen LogP contribution in [0.5, 0.6) is 0 Å². The summed E-state index contributed by atoms with van der Waals surface area (Å²) in [5.74, 6) is -0.0777. The number of hydrogen-bond donors (Lipinski definition) is 0. The van der Waals surface area contributed by atoms with E-state index < -0.39 is 4.92 Å². The van der Waals surface area contributed by atoms with E-state index in [2.05, 4.69) is 0 Å². The van der Waals surface area contributed by atoms with Crippen molar-refractivity contribution in [1.29, 1.82) is 0 Å². The van der Waals surface area contributed by atoms with Gasteiger partial charge in [0.25, 0.3) is 0 Å². The number of carbonyl (C=O) groups is 1. The van der Waals surface area contributed by atoms with E-state index >= 15 is 0 Å². The smallest absolute Gasteiger partial charge is 0.324 e. The third kappa shape index (κ3) is 3.67. The highest BCUT2D eigenvalue weighted by molar-refractivity contribution is 7.16. The van der Waals surface area contributed by atoms with Crippen LogP contribution in [0.2, 0.25) is 0 Å². The van der Waals surface area contributed by atoms with Gasteiger partial charge in [0, 0.05) is 30.1 Å². The molecule has 0 aliphatic heterocycles. The molecule has 0 aromatic carbocycles. The molecule has 0 atom stereocenters. The fraction of sp³-hybridized carbons (Fsp3) is 0.364. The van der Waals surface area contributed by atoms with Crippen molar-refractivity contribution in [2.45, 2.75) is 13.8 Å². The number of nitrogens with zero attached hydrogens (tertiary/aromatic N) is 2. The van der Waals surface area contributed by atoms with Crippen molar-refractivity contribution in [3.05, 3.63) is 33.2 Å². The topological polar surface area (TPSA) is 63.5 Å². The zero-order valence-electron chi connectivity index (χ0n) is 9.75. The molecular formula is C11H14N2O3S. The Morgan fingerprint density at radius 3 is 2.59 bits per heavy atom. The van der Waals surface area contributed by atoms with Crippen LogP contribution in [0, 0.1) is 10.1 Å². The molecule has 1 heterocycles. The molecule has 0 fully saturated rings. The molecule has 0 saturated carbocycles. The summed E-state index contributed by atoms with van der Waals surface area (Å²) in [6.45, 7) is 5.13. The second-order valence-electron chi connectivity index (χ2n) is 3.28. The third-order valence-corrected chi connectivity index (χ3v) is 3.26. The highest BCUT2D eigenvalue weighted by Crippen LogP contribution is 2.24. The van der Waals surface area contributed by atoms with Crippen LogP contribution >= 0.6 is 11.3 Å². The van der Waals surface area contributed by atoms with Crippen molar-refractivity contribution in [3.63, 3.8) is 0 Å². The second kappa shape index (κ2) is 6.15. The van der Waals surface area contributed by atoms with Gasteiger partial charge in [0.15, 0.2) is 0 Å². The molecule has 0 spiro atoms. The number of nitro groups is 1. The maximum absolute atomic E-state index is 11.6. The zero-order chi connectivity index (χ0) is 12.8. The Morgan fingerprint density at radius 1 is 1.47 bits per heavy atom. The van der Waals surface area contributed by atoms with E-state index in [1.165, 1.54) is 12.1 Å². The standard InChI is InChI=1S/C11H14N2O3S/c1-3-12(4-2)10(14)7-5-9-6-8-11(17-9)13(15)16/h5-8H,3-4H2,1-2H3/b7-5+. The monoisotopic (exact) mass is 254 g/mol. The molecule has 17 heavy (non-hydrogen) atoms. The highest BCUT2D eigenvalue weighted by Gasteiger charge is 2.09. The molecule has 0 aliphatic carbocycles. The summed E-state index contributed by atoms with van der Waals surface area (Å²) in [6, 6.07) is 3.07. The first-order valence-corrected chi connectivity index (χ1v) is 6.11. The van der Waals surface area contributed by atoms with Crippen LogP contribution in [0.4, 0.5) is 5.00 Å². The normalized spacial score (nSPS) is 10.7. The zero-order valence-corrected chi connectivity index (χ0v) is 10.6. The lowest BCUT2D eigenvalue weighted by Gasteiger charge is -2.15. The van der Waals surface area contributed by atoms with Crippen LogP contribution in [-0.2, 0) is 4.79 Å². The minimum absolute atomic E-state index is 0.0777. The van der Waals surface area contributed by atoms with Gasteiger partial charge in [0.2, 0.25) is 5.91 Å². The van der Waals surface area contributed by atoms with Crippen molar-refractivity contribution in [2.24, 2.45) is 0 Å². The Kier molecular flexibility index (Phi) is 4.84. The van der Waals surface area contributed by atoms with Gasteiger partial charge in [0.1, 0.15) is 0 Å². The number of hydrogen-bond acceptors (Lipinski definition) is 4. The van der Waals surface area contributed by atoms with E-state index in [9.17, 15) is 14.9 Å². The number of likely N-dealkylation sites (N-methyl/N-ethyl adjacent to an activating group) is 1. The molecule has 92 valence electrons. The first-order valence-electron chi connectivity index (χ1n) is 5.29. The average Bonchev–Trinajstić information content (AvgIpc) is 2.76. The van der Waals surface area contributed by atoms with Gasteiger partial charge in [-0.25, -0.2) is 0 Å². The minimum Gasteiger partial charge on any atom is -0.340 e.